The van der Waals surface area contributed by atoms with Crippen LogP contribution in [0.25, 0.3) is 0 Å². The molecule has 1 aromatic rings. The summed E-state index contributed by atoms with van der Waals surface area (Å²) in [5.74, 6) is 5.74. The second-order valence-corrected chi connectivity index (χ2v) is 6.87. The Bertz CT molecular complexity index is 545. The number of hydrazine groups is 1. The van der Waals surface area contributed by atoms with E-state index in [4.69, 9.17) is 10.6 Å². The van der Waals surface area contributed by atoms with Gasteiger partial charge in [-0.1, -0.05) is 20.8 Å². The van der Waals surface area contributed by atoms with E-state index < -0.39 is 10.0 Å². The van der Waals surface area contributed by atoms with E-state index in [9.17, 15) is 8.42 Å². The third kappa shape index (κ3) is 2.82. The Morgan fingerprint density at radius 3 is 2.22 bits per heavy atom. The highest BCUT2D eigenvalue weighted by molar-refractivity contribution is 7.89. The molecule has 0 saturated heterocycles. The molecule has 0 aromatic heterocycles. The van der Waals surface area contributed by atoms with Crippen LogP contribution in [0.5, 0.6) is 5.75 Å². The Kier molecular flexibility index (Phi) is 4.05. The molecule has 6 heteroatoms. The quantitative estimate of drug-likeness (QED) is 0.644. The molecule has 0 radical (unpaired) electrons. The van der Waals surface area contributed by atoms with E-state index in [1.54, 1.807) is 26.2 Å². The molecule has 0 unspecified atom stereocenters. The summed E-state index contributed by atoms with van der Waals surface area (Å²) in [6, 6.07) is 3.33. The molecule has 5 nitrogen and oxygen atoms in total. The van der Waals surface area contributed by atoms with Gasteiger partial charge in [0.25, 0.3) is 10.0 Å². The molecule has 0 saturated carbocycles. The first-order valence-corrected chi connectivity index (χ1v) is 7.03. The summed E-state index contributed by atoms with van der Waals surface area (Å²) in [6.07, 6.45) is 0. The Morgan fingerprint density at radius 2 is 1.83 bits per heavy atom. The molecule has 3 N–H and O–H groups in total. The number of hydrogen-bond donors (Lipinski definition) is 2. The Morgan fingerprint density at radius 1 is 1.28 bits per heavy atom. The van der Waals surface area contributed by atoms with Crippen molar-refractivity contribution >= 4 is 10.0 Å². The molecule has 102 valence electrons. The van der Waals surface area contributed by atoms with Crippen molar-refractivity contribution in [1.82, 2.24) is 4.83 Å². The number of sulfonamides is 1. The monoisotopic (exact) mass is 272 g/mol. The fourth-order valence-electron chi connectivity index (χ4n) is 1.77. The SMILES string of the molecule is COc1cc(C)c(S(=O)(=O)NN)cc1C(C)(C)C. The second kappa shape index (κ2) is 4.87. The zero-order valence-electron chi connectivity index (χ0n) is 11.4. The molecule has 1 aromatic carbocycles. The summed E-state index contributed by atoms with van der Waals surface area (Å²) in [6.45, 7) is 7.69. The number of benzene rings is 1. The van der Waals surface area contributed by atoms with E-state index in [0.29, 0.717) is 11.3 Å². The lowest BCUT2D eigenvalue weighted by Gasteiger charge is -2.23. The number of hydrogen-bond acceptors (Lipinski definition) is 4. The molecule has 0 spiro atoms. The van der Waals surface area contributed by atoms with Crippen molar-refractivity contribution in [3.63, 3.8) is 0 Å². The second-order valence-electron chi connectivity index (χ2n) is 5.19. The van der Waals surface area contributed by atoms with Gasteiger partial charge in [0.15, 0.2) is 0 Å². The highest BCUT2D eigenvalue weighted by atomic mass is 32.2. The molecule has 0 fully saturated rings. The van der Waals surface area contributed by atoms with E-state index in [1.807, 2.05) is 25.6 Å². The van der Waals surface area contributed by atoms with E-state index >= 15 is 0 Å². The van der Waals surface area contributed by atoms with Crippen LogP contribution in [0.2, 0.25) is 0 Å². The summed E-state index contributed by atoms with van der Waals surface area (Å²) in [4.78, 5) is 2.02. The van der Waals surface area contributed by atoms with E-state index in [1.165, 1.54) is 0 Å². The van der Waals surface area contributed by atoms with Gasteiger partial charge in [0, 0.05) is 5.56 Å². The maximum Gasteiger partial charge on any atom is 0.253 e. The summed E-state index contributed by atoms with van der Waals surface area (Å²) in [7, 11) is -2.10. The van der Waals surface area contributed by atoms with Crippen molar-refractivity contribution < 1.29 is 13.2 Å². The van der Waals surface area contributed by atoms with E-state index in [2.05, 4.69) is 0 Å². The minimum atomic E-state index is -3.66. The average Bonchev–Trinajstić information content (AvgIpc) is 2.26. The number of aryl methyl sites for hydroxylation is 1. The van der Waals surface area contributed by atoms with Gasteiger partial charge in [0.05, 0.1) is 12.0 Å². The van der Waals surface area contributed by atoms with Crippen LogP contribution < -0.4 is 15.4 Å². The van der Waals surface area contributed by atoms with Crippen LogP contribution >= 0.6 is 0 Å². The molecule has 18 heavy (non-hydrogen) atoms. The molecule has 0 amide bonds. The summed E-state index contributed by atoms with van der Waals surface area (Å²) in [5.41, 5.74) is 1.19. The first-order valence-electron chi connectivity index (χ1n) is 5.55. The maximum absolute atomic E-state index is 11.8. The van der Waals surface area contributed by atoms with Gasteiger partial charge in [-0.25, -0.2) is 8.42 Å². The lowest BCUT2D eigenvalue weighted by atomic mass is 9.86. The van der Waals surface area contributed by atoms with Crippen molar-refractivity contribution in [3.05, 3.63) is 23.3 Å². The maximum atomic E-state index is 11.8. The zero-order valence-corrected chi connectivity index (χ0v) is 12.2. The average molecular weight is 272 g/mol. The number of rotatable bonds is 3. The zero-order chi connectivity index (χ0) is 14.1. The van der Waals surface area contributed by atoms with Crippen LogP contribution in [0, 0.1) is 6.92 Å². The molecule has 0 aliphatic carbocycles. The normalized spacial score (nSPS) is 12.6. The van der Waals surface area contributed by atoms with Crippen LogP contribution in [-0.2, 0) is 15.4 Å². The molecule has 0 heterocycles. The van der Waals surface area contributed by atoms with Crippen molar-refractivity contribution in [2.45, 2.75) is 38.0 Å². The minimum absolute atomic E-state index is 0.177. The predicted octanol–water partition coefficient (Wildman–Crippen LogP) is 1.45. The van der Waals surface area contributed by atoms with Gasteiger partial charge in [-0.3, -0.25) is 5.84 Å². The van der Waals surface area contributed by atoms with Crippen LogP contribution in [0.3, 0.4) is 0 Å². The Balaban J connectivity index is 3.60. The van der Waals surface area contributed by atoms with Crippen molar-refractivity contribution in [3.8, 4) is 5.75 Å². The fraction of sp³-hybridized carbons (Fsp3) is 0.500. The Labute approximate surface area is 108 Å². The summed E-state index contributed by atoms with van der Waals surface area (Å²) >= 11 is 0. The molecule has 1 rings (SSSR count). The first kappa shape index (κ1) is 14.9. The molecule has 0 aliphatic rings. The number of methoxy groups -OCH3 is 1. The smallest absolute Gasteiger partial charge is 0.253 e. The third-order valence-corrected chi connectivity index (χ3v) is 4.08. The lowest BCUT2D eigenvalue weighted by molar-refractivity contribution is 0.396. The van der Waals surface area contributed by atoms with Crippen molar-refractivity contribution in [2.24, 2.45) is 5.84 Å². The van der Waals surface area contributed by atoms with Crippen LogP contribution in [-0.4, -0.2) is 15.5 Å². The molecular formula is C12H20N2O3S. The van der Waals surface area contributed by atoms with Crippen LogP contribution in [0.1, 0.15) is 31.9 Å². The van der Waals surface area contributed by atoms with Crippen molar-refractivity contribution in [1.29, 1.82) is 0 Å². The molecule has 0 bridgehead atoms. The number of nitrogens with two attached hydrogens (primary N) is 1. The highest BCUT2D eigenvalue weighted by Gasteiger charge is 2.24. The molecule has 0 aliphatic heterocycles. The van der Waals surface area contributed by atoms with Gasteiger partial charge < -0.3 is 4.74 Å². The standard InChI is InChI=1S/C12H20N2O3S/c1-8-6-10(17-5)9(12(2,3)4)7-11(8)18(15,16)14-13/h6-7,14H,13H2,1-5H3. The third-order valence-electron chi connectivity index (χ3n) is 2.75. The van der Waals surface area contributed by atoms with Gasteiger partial charge in [-0.2, -0.15) is 4.83 Å². The topological polar surface area (TPSA) is 81.4 Å². The number of ether oxygens (including phenoxy) is 1. The van der Waals surface area contributed by atoms with Gasteiger partial charge in [-0.05, 0) is 30.0 Å². The van der Waals surface area contributed by atoms with Gasteiger partial charge >= 0.3 is 0 Å². The molecular weight excluding hydrogens is 252 g/mol. The van der Waals surface area contributed by atoms with Gasteiger partial charge in [0.2, 0.25) is 0 Å². The highest BCUT2D eigenvalue weighted by Crippen LogP contribution is 2.34. The number of nitrogens with one attached hydrogen (secondary N) is 1. The van der Waals surface area contributed by atoms with Crippen LogP contribution in [0.4, 0.5) is 0 Å². The van der Waals surface area contributed by atoms with Gasteiger partial charge in [0.1, 0.15) is 5.75 Å². The van der Waals surface area contributed by atoms with Gasteiger partial charge in [-0.15, -0.1) is 0 Å². The summed E-state index contributed by atoms with van der Waals surface area (Å²) in [5, 5.41) is 0. The largest absolute Gasteiger partial charge is 0.496 e. The first-order chi connectivity index (χ1) is 8.13. The minimum Gasteiger partial charge on any atom is -0.496 e. The lowest BCUT2D eigenvalue weighted by Crippen LogP contribution is -2.31. The van der Waals surface area contributed by atoms with Crippen molar-refractivity contribution in [2.75, 3.05) is 7.11 Å². The Hall–Kier alpha value is -1.11. The molecule has 0 atom stereocenters. The fourth-order valence-corrected chi connectivity index (χ4v) is 2.65. The van der Waals surface area contributed by atoms with E-state index in [0.717, 1.165) is 5.56 Å². The van der Waals surface area contributed by atoms with Crippen LogP contribution in [0.15, 0.2) is 17.0 Å². The summed E-state index contributed by atoms with van der Waals surface area (Å²) < 4.78 is 29.0. The van der Waals surface area contributed by atoms with E-state index in [-0.39, 0.29) is 10.3 Å². The predicted molar refractivity (Wildman–Crippen MR) is 70.9 cm³/mol.